The topological polar surface area (TPSA) is 113 Å². The number of hydrogen-bond donors (Lipinski definition) is 1. The van der Waals surface area contributed by atoms with Gasteiger partial charge < -0.3 is 14.8 Å². The van der Waals surface area contributed by atoms with Gasteiger partial charge in [-0.3, -0.25) is 19.4 Å². The van der Waals surface area contributed by atoms with E-state index in [0.717, 1.165) is 10.5 Å². The first-order valence-electron chi connectivity index (χ1n) is 9.83. The molecule has 2 aromatic rings. The Morgan fingerprint density at radius 3 is 2.58 bits per heavy atom. The maximum absolute atomic E-state index is 13.0. The first-order chi connectivity index (χ1) is 15.0. The molecule has 2 aromatic carbocycles. The average Bonchev–Trinajstić information content (AvgIpc) is 3.28. The highest BCUT2D eigenvalue weighted by atomic mass is 16.6. The van der Waals surface area contributed by atoms with E-state index in [4.69, 9.17) is 9.47 Å². The van der Waals surface area contributed by atoms with Crippen molar-refractivity contribution >= 4 is 29.1 Å². The molecule has 5 rings (SSSR count). The molecule has 0 radical (unpaired) electrons. The van der Waals surface area contributed by atoms with Gasteiger partial charge in [0.1, 0.15) is 19.8 Å². The zero-order chi connectivity index (χ0) is 21.5. The van der Waals surface area contributed by atoms with Gasteiger partial charge in [-0.2, -0.15) is 5.11 Å². The van der Waals surface area contributed by atoms with Crippen molar-refractivity contribution in [3.63, 3.8) is 0 Å². The molecule has 10 heteroatoms. The molecule has 3 amide bonds. The van der Waals surface area contributed by atoms with E-state index in [-0.39, 0.29) is 6.54 Å². The minimum absolute atomic E-state index is 0.222. The second-order valence-corrected chi connectivity index (χ2v) is 7.45. The maximum Gasteiger partial charge on any atom is 0.263 e. The van der Waals surface area contributed by atoms with Crippen LogP contribution in [0.25, 0.3) is 0 Å². The lowest BCUT2D eigenvalue weighted by Crippen LogP contribution is -2.43. The molecule has 2 atom stereocenters. The largest absolute Gasteiger partial charge is 0.486 e. The van der Waals surface area contributed by atoms with E-state index in [1.165, 1.54) is 5.01 Å². The Balaban J connectivity index is 1.28. The SMILES string of the molecule is Cc1ccc(N2C(=O)[C@@H]3[C@@H](N=NN3CC(=O)Nc3ccc4c(c3)OCCO4)C2=O)cc1. The fraction of sp³-hybridized carbons (Fsp3) is 0.286. The van der Waals surface area contributed by atoms with Gasteiger partial charge in [0.25, 0.3) is 11.8 Å². The zero-order valence-corrected chi connectivity index (χ0v) is 16.6. The van der Waals surface area contributed by atoms with Crippen molar-refractivity contribution in [1.82, 2.24) is 5.01 Å². The van der Waals surface area contributed by atoms with Crippen molar-refractivity contribution in [2.75, 3.05) is 30.0 Å². The molecule has 0 aromatic heterocycles. The van der Waals surface area contributed by atoms with Crippen LogP contribution in [-0.4, -0.2) is 54.6 Å². The zero-order valence-electron chi connectivity index (χ0n) is 16.6. The predicted molar refractivity (Wildman–Crippen MR) is 109 cm³/mol. The number of hydrogen-bond acceptors (Lipinski definition) is 8. The smallest absolute Gasteiger partial charge is 0.263 e. The van der Waals surface area contributed by atoms with Gasteiger partial charge in [-0.25, -0.2) is 4.90 Å². The fourth-order valence-electron chi connectivity index (χ4n) is 3.77. The van der Waals surface area contributed by atoms with Crippen LogP contribution in [0.4, 0.5) is 11.4 Å². The van der Waals surface area contributed by atoms with Crippen molar-refractivity contribution in [3.8, 4) is 11.5 Å². The Bertz CT molecular complexity index is 1100. The molecule has 0 unspecified atom stereocenters. The van der Waals surface area contributed by atoms with Gasteiger partial charge >= 0.3 is 0 Å². The van der Waals surface area contributed by atoms with Gasteiger partial charge in [0.05, 0.1) is 5.69 Å². The quantitative estimate of drug-likeness (QED) is 0.752. The van der Waals surface area contributed by atoms with E-state index >= 15 is 0 Å². The van der Waals surface area contributed by atoms with Crippen LogP contribution >= 0.6 is 0 Å². The number of amides is 3. The number of nitrogens with zero attached hydrogens (tertiary/aromatic N) is 4. The molecule has 0 saturated carbocycles. The van der Waals surface area contributed by atoms with E-state index in [1.54, 1.807) is 30.3 Å². The van der Waals surface area contributed by atoms with Crippen molar-refractivity contribution < 1.29 is 23.9 Å². The molecule has 1 fully saturated rings. The molecule has 0 aliphatic carbocycles. The van der Waals surface area contributed by atoms with Crippen LogP contribution in [-0.2, 0) is 14.4 Å². The summed E-state index contributed by atoms with van der Waals surface area (Å²) < 4.78 is 11.0. The van der Waals surface area contributed by atoms with Gasteiger partial charge in [-0.05, 0) is 31.2 Å². The maximum atomic E-state index is 13.0. The molecule has 0 bridgehead atoms. The Morgan fingerprint density at radius 2 is 1.81 bits per heavy atom. The summed E-state index contributed by atoms with van der Waals surface area (Å²) in [5, 5.41) is 11.8. The average molecular weight is 421 g/mol. The molecular weight excluding hydrogens is 402 g/mol. The van der Waals surface area contributed by atoms with Crippen molar-refractivity contribution in [2.45, 2.75) is 19.0 Å². The van der Waals surface area contributed by atoms with E-state index in [2.05, 4.69) is 15.7 Å². The van der Waals surface area contributed by atoms with Gasteiger partial charge in [0, 0.05) is 11.8 Å². The third-order valence-electron chi connectivity index (χ3n) is 5.28. The summed E-state index contributed by atoms with van der Waals surface area (Å²) in [5.74, 6) is -0.124. The van der Waals surface area contributed by atoms with Crippen LogP contribution in [0.2, 0.25) is 0 Å². The summed E-state index contributed by atoms with van der Waals surface area (Å²) in [6, 6.07) is 10.3. The molecule has 0 spiro atoms. The number of carbonyl (C=O) groups is 3. The number of rotatable bonds is 4. The van der Waals surface area contributed by atoms with Gasteiger partial charge in [0.15, 0.2) is 23.6 Å². The summed E-state index contributed by atoms with van der Waals surface area (Å²) in [6.07, 6.45) is 0. The molecular formula is C21H19N5O5. The molecule has 3 aliphatic rings. The number of benzene rings is 2. The van der Waals surface area contributed by atoms with Crippen molar-refractivity contribution in [1.29, 1.82) is 0 Å². The number of imide groups is 1. The number of aryl methyl sites for hydroxylation is 1. The molecule has 1 N–H and O–H groups in total. The van der Waals surface area contributed by atoms with Crippen LogP contribution in [0.1, 0.15) is 5.56 Å². The highest BCUT2D eigenvalue weighted by Crippen LogP contribution is 2.33. The second kappa shape index (κ2) is 7.38. The minimum Gasteiger partial charge on any atom is -0.486 e. The Hall–Kier alpha value is -3.95. The number of fused-ring (bicyclic) bond motifs is 2. The summed E-state index contributed by atoms with van der Waals surface area (Å²) >= 11 is 0. The predicted octanol–water partition coefficient (Wildman–Crippen LogP) is 1.70. The molecule has 3 aliphatic heterocycles. The standard InChI is InChI=1S/C21H19N5O5/c1-12-2-5-14(6-3-12)26-20(28)18-19(21(26)29)25(24-23-18)11-17(27)22-13-4-7-15-16(10-13)31-9-8-30-15/h2-7,10,18-19H,8-9,11H2,1H3,(H,22,27)/t18-,19+/m1/s1. The lowest BCUT2D eigenvalue weighted by molar-refractivity contribution is -0.123. The molecule has 10 nitrogen and oxygen atoms in total. The number of anilines is 2. The summed E-state index contributed by atoms with van der Waals surface area (Å²) in [6.45, 7) is 2.62. The van der Waals surface area contributed by atoms with Gasteiger partial charge in [-0.15, -0.1) is 0 Å². The molecule has 1 saturated heterocycles. The third kappa shape index (κ3) is 3.35. The Morgan fingerprint density at radius 1 is 1.06 bits per heavy atom. The van der Waals surface area contributed by atoms with Crippen LogP contribution in [0.5, 0.6) is 11.5 Å². The van der Waals surface area contributed by atoms with Crippen LogP contribution < -0.4 is 19.7 Å². The van der Waals surface area contributed by atoms with E-state index in [1.807, 2.05) is 19.1 Å². The molecule has 31 heavy (non-hydrogen) atoms. The Kier molecular flexibility index (Phi) is 4.54. The van der Waals surface area contributed by atoms with E-state index in [0.29, 0.717) is 36.1 Å². The molecule has 158 valence electrons. The fourth-order valence-corrected chi connectivity index (χ4v) is 3.77. The summed E-state index contributed by atoms with van der Waals surface area (Å²) in [4.78, 5) is 39.4. The van der Waals surface area contributed by atoms with Gasteiger partial charge in [-0.1, -0.05) is 22.9 Å². The van der Waals surface area contributed by atoms with E-state index in [9.17, 15) is 14.4 Å². The molecule has 3 heterocycles. The second-order valence-electron chi connectivity index (χ2n) is 7.45. The van der Waals surface area contributed by atoms with E-state index < -0.39 is 29.8 Å². The van der Waals surface area contributed by atoms with Crippen molar-refractivity contribution in [2.24, 2.45) is 10.3 Å². The highest BCUT2D eigenvalue weighted by Gasteiger charge is 2.55. The third-order valence-corrected chi connectivity index (χ3v) is 5.28. The lowest BCUT2D eigenvalue weighted by Gasteiger charge is -2.21. The van der Waals surface area contributed by atoms with Crippen LogP contribution in [0.15, 0.2) is 52.8 Å². The highest BCUT2D eigenvalue weighted by molar-refractivity contribution is 6.25. The minimum atomic E-state index is -0.948. The lowest BCUT2D eigenvalue weighted by atomic mass is 10.1. The van der Waals surface area contributed by atoms with Crippen molar-refractivity contribution in [3.05, 3.63) is 48.0 Å². The summed E-state index contributed by atoms with van der Waals surface area (Å²) in [5.41, 5.74) is 2.02. The first-order valence-corrected chi connectivity index (χ1v) is 9.83. The number of nitrogens with one attached hydrogen (secondary N) is 1. The monoisotopic (exact) mass is 421 g/mol. The number of ether oxygens (including phenoxy) is 2. The number of carbonyl (C=O) groups excluding carboxylic acids is 3. The van der Waals surface area contributed by atoms with Crippen LogP contribution in [0, 0.1) is 6.92 Å². The first kappa shape index (κ1) is 19.0. The van der Waals surface area contributed by atoms with Gasteiger partial charge in [0.2, 0.25) is 5.91 Å². The summed E-state index contributed by atoms with van der Waals surface area (Å²) in [7, 11) is 0. The van der Waals surface area contributed by atoms with Crippen LogP contribution in [0.3, 0.4) is 0 Å². The Labute approximate surface area is 177 Å². The normalized spacial score (nSPS) is 21.5.